The third-order valence-corrected chi connectivity index (χ3v) is 4.25. The number of rotatable bonds is 4. The molecule has 0 bridgehead atoms. The maximum absolute atomic E-state index is 5.69. The molecule has 86 valence electrons. The van der Waals surface area contributed by atoms with Crippen molar-refractivity contribution in [3.8, 4) is 0 Å². The minimum absolute atomic E-state index is 0.462. The van der Waals surface area contributed by atoms with Crippen LogP contribution in [0.1, 0.15) is 12.0 Å². The van der Waals surface area contributed by atoms with E-state index < -0.39 is 0 Å². The van der Waals surface area contributed by atoms with E-state index in [0.717, 1.165) is 23.7 Å². The van der Waals surface area contributed by atoms with E-state index in [1.165, 1.54) is 17.9 Å². The normalized spacial score (nSPS) is 19.6. The number of nitrogens with one attached hydrogen (secondary N) is 1. The van der Waals surface area contributed by atoms with E-state index in [1.54, 1.807) is 0 Å². The van der Waals surface area contributed by atoms with Crippen molar-refractivity contribution in [2.24, 2.45) is 11.7 Å². The molecule has 1 atom stereocenters. The van der Waals surface area contributed by atoms with Crippen molar-refractivity contribution >= 4 is 34.7 Å². The van der Waals surface area contributed by atoms with Crippen molar-refractivity contribution in [1.82, 2.24) is 0 Å². The molecule has 1 aromatic rings. The molecule has 1 aliphatic rings. The van der Waals surface area contributed by atoms with Crippen molar-refractivity contribution in [2.45, 2.75) is 6.42 Å². The summed E-state index contributed by atoms with van der Waals surface area (Å²) in [5.74, 6) is 3.34. The van der Waals surface area contributed by atoms with Crippen LogP contribution in [-0.2, 0) is 0 Å². The summed E-state index contributed by atoms with van der Waals surface area (Å²) in [5, 5.41) is 3.46. The Morgan fingerprint density at radius 3 is 3.00 bits per heavy atom. The molecule has 0 amide bonds. The molecule has 2 nitrogen and oxygen atoms in total. The molecule has 1 fully saturated rings. The summed E-state index contributed by atoms with van der Waals surface area (Å²) in [6, 6.07) is 7.98. The van der Waals surface area contributed by atoms with E-state index in [9.17, 15) is 0 Å². The Morgan fingerprint density at radius 2 is 2.31 bits per heavy atom. The van der Waals surface area contributed by atoms with Gasteiger partial charge in [-0.15, -0.1) is 0 Å². The highest BCUT2D eigenvalue weighted by atomic mass is 32.2. The summed E-state index contributed by atoms with van der Waals surface area (Å²) < 4.78 is 0. The molecule has 2 rings (SSSR count). The number of hydrogen-bond donors (Lipinski definition) is 2. The van der Waals surface area contributed by atoms with Crippen LogP contribution in [-0.4, -0.2) is 23.0 Å². The summed E-state index contributed by atoms with van der Waals surface area (Å²) >= 11 is 7.07. The van der Waals surface area contributed by atoms with Crippen LogP contribution in [0.15, 0.2) is 24.3 Å². The minimum Gasteiger partial charge on any atom is -0.389 e. The van der Waals surface area contributed by atoms with Crippen LogP contribution in [0.25, 0.3) is 0 Å². The maximum Gasteiger partial charge on any atom is 0.106 e. The van der Waals surface area contributed by atoms with Crippen molar-refractivity contribution in [3.63, 3.8) is 0 Å². The summed E-state index contributed by atoms with van der Waals surface area (Å²) in [6.07, 6.45) is 1.31. The molecule has 0 spiro atoms. The molecule has 1 aliphatic heterocycles. The van der Waals surface area contributed by atoms with Gasteiger partial charge in [-0.1, -0.05) is 24.4 Å². The summed E-state index contributed by atoms with van der Waals surface area (Å²) in [7, 11) is 0. The van der Waals surface area contributed by atoms with Gasteiger partial charge in [0.1, 0.15) is 4.99 Å². The molecule has 0 radical (unpaired) electrons. The zero-order valence-electron chi connectivity index (χ0n) is 9.11. The zero-order chi connectivity index (χ0) is 11.4. The first kappa shape index (κ1) is 11.7. The van der Waals surface area contributed by atoms with Crippen molar-refractivity contribution in [1.29, 1.82) is 0 Å². The molecule has 1 aromatic carbocycles. The van der Waals surface area contributed by atoms with Crippen molar-refractivity contribution < 1.29 is 0 Å². The lowest BCUT2D eigenvalue weighted by Crippen LogP contribution is -2.17. The first-order valence-corrected chi connectivity index (χ1v) is 7.04. The van der Waals surface area contributed by atoms with Gasteiger partial charge in [-0.2, -0.15) is 11.8 Å². The number of para-hydroxylation sites is 1. The van der Waals surface area contributed by atoms with Gasteiger partial charge in [0, 0.05) is 17.8 Å². The lowest BCUT2D eigenvalue weighted by atomic mass is 10.1. The zero-order valence-corrected chi connectivity index (χ0v) is 10.7. The van der Waals surface area contributed by atoms with Crippen LogP contribution in [0.4, 0.5) is 5.69 Å². The van der Waals surface area contributed by atoms with Crippen molar-refractivity contribution in [2.75, 3.05) is 23.4 Å². The number of thiocarbonyl (C=S) groups is 1. The van der Waals surface area contributed by atoms with Gasteiger partial charge in [-0.05, 0) is 36.0 Å². The van der Waals surface area contributed by atoms with Crippen LogP contribution in [0.2, 0.25) is 0 Å². The molecule has 16 heavy (non-hydrogen) atoms. The fraction of sp³-hybridized carbons (Fsp3) is 0.417. The molecule has 3 N–H and O–H groups in total. The van der Waals surface area contributed by atoms with Gasteiger partial charge in [0.15, 0.2) is 0 Å². The van der Waals surface area contributed by atoms with E-state index in [4.69, 9.17) is 18.0 Å². The van der Waals surface area contributed by atoms with Crippen LogP contribution in [0.5, 0.6) is 0 Å². The predicted molar refractivity (Wildman–Crippen MR) is 76.3 cm³/mol. The molecule has 0 aromatic heterocycles. The smallest absolute Gasteiger partial charge is 0.106 e. The van der Waals surface area contributed by atoms with Gasteiger partial charge < -0.3 is 11.1 Å². The number of nitrogens with two attached hydrogens (primary N) is 1. The molecular formula is C12H16N2S2. The quantitative estimate of drug-likeness (QED) is 0.808. The first-order valence-electron chi connectivity index (χ1n) is 5.48. The largest absolute Gasteiger partial charge is 0.389 e. The topological polar surface area (TPSA) is 38.0 Å². The SMILES string of the molecule is NC(=S)c1ccccc1NCC1CCSC1. The molecule has 0 saturated carbocycles. The maximum atomic E-state index is 5.69. The average molecular weight is 252 g/mol. The van der Waals surface area contributed by atoms with Gasteiger partial charge in [-0.3, -0.25) is 0 Å². The van der Waals surface area contributed by atoms with Gasteiger partial charge in [0.2, 0.25) is 0 Å². The van der Waals surface area contributed by atoms with Crippen LogP contribution < -0.4 is 11.1 Å². The number of benzene rings is 1. The van der Waals surface area contributed by atoms with E-state index in [2.05, 4.69) is 5.32 Å². The second kappa shape index (κ2) is 5.55. The van der Waals surface area contributed by atoms with Crippen LogP contribution in [0, 0.1) is 5.92 Å². The highest BCUT2D eigenvalue weighted by Gasteiger charge is 2.15. The number of thioether (sulfide) groups is 1. The summed E-state index contributed by atoms with van der Waals surface area (Å²) in [5.41, 5.74) is 7.69. The van der Waals surface area contributed by atoms with Crippen LogP contribution >= 0.6 is 24.0 Å². The second-order valence-electron chi connectivity index (χ2n) is 4.02. The molecule has 1 heterocycles. The average Bonchev–Trinajstić information content (AvgIpc) is 2.79. The summed E-state index contributed by atoms with van der Waals surface area (Å²) in [4.78, 5) is 0.462. The Hall–Kier alpha value is -0.740. The third-order valence-electron chi connectivity index (χ3n) is 2.80. The Kier molecular flexibility index (Phi) is 4.07. The van der Waals surface area contributed by atoms with Gasteiger partial charge in [-0.25, -0.2) is 0 Å². The Balaban J connectivity index is 2.00. The predicted octanol–water partition coefficient (Wildman–Crippen LogP) is 2.49. The molecule has 1 saturated heterocycles. The molecule has 1 unspecified atom stereocenters. The van der Waals surface area contributed by atoms with Crippen LogP contribution in [0.3, 0.4) is 0 Å². The van der Waals surface area contributed by atoms with Crippen molar-refractivity contribution in [3.05, 3.63) is 29.8 Å². The Morgan fingerprint density at radius 1 is 1.50 bits per heavy atom. The van der Waals surface area contributed by atoms with Gasteiger partial charge in [0.25, 0.3) is 0 Å². The Bertz CT molecular complexity index is 373. The fourth-order valence-corrected chi connectivity index (χ4v) is 3.31. The standard InChI is InChI=1S/C12H16N2S2/c13-12(15)10-3-1-2-4-11(10)14-7-9-5-6-16-8-9/h1-4,9,14H,5-8H2,(H2,13,15). The number of anilines is 1. The van der Waals surface area contributed by atoms with E-state index >= 15 is 0 Å². The third kappa shape index (κ3) is 2.89. The van der Waals surface area contributed by atoms with E-state index in [0.29, 0.717) is 4.99 Å². The fourth-order valence-electron chi connectivity index (χ4n) is 1.85. The second-order valence-corrected chi connectivity index (χ2v) is 5.61. The molecule has 4 heteroatoms. The highest BCUT2D eigenvalue weighted by molar-refractivity contribution is 7.99. The minimum atomic E-state index is 0.462. The highest BCUT2D eigenvalue weighted by Crippen LogP contribution is 2.24. The van der Waals surface area contributed by atoms with Gasteiger partial charge >= 0.3 is 0 Å². The lowest BCUT2D eigenvalue weighted by Gasteiger charge is -2.14. The number of hydrogen-bond acceptors (Lipinski definition) is 3. The first-order chi connectivity index (χ1) is 7.77. The summed E-state index contributed by atoms with van der Waals surface area (Å²) in [6.45, 7) is 1.02. The van der Waals surface area contributed by atoms with Gasteiger partial charge in [0.05, 0.1) is 0 Å². The van der Waals surface area contributed by atoms with E-state index in [-0.39, 0.29) is 0 Å². The molecule has 0 aliphatic carbocycles. The monoisotopic (exact) mass is 252 g/mol. The Labute approximate surface area is 106 Å². The lowest BCUT2D eigenvalue weighted by molar-refractivity contribution is 0.632. The van der Waals surface area contributed by atoms with E-state index in [1.807, 2.05) is 36.0 Å². The molecular weight excluding hydrogens is 236 g/mol.